The Morgan fingerprint density at radius 1 is 1.32 bits per heavy atom. The van der Waals surface area contributed by atoms with Gasteiger partial charge in [0.1, 0.15) is 11.6 Å². The number of rotatable bonds is 8. The number of hydrogen-bond acceptors (Lipinski definition) is 4. The van der Waals surface area contributed by atoms with Gasteiger partial charge in [-0.2, -0.15) is 0 Å². The van der Waals surface area contributed by atoms with Gasteiger partial charge in [-0.1, -0.05) is 0 Å². The highest BCUT2D eigenvalue weighted by atomic mass is 19.1. The lowest BCUT2D eigenvalue weighted by molar-refractivity contribution is -0.134. The van der Waals surface area contributed by atoms with Crippen molar-refractivity contribution < 1.29 is 23.8 Å². The van der Waals surface area contributed by atoms with Gasteiger partial charge in [0.05, 0.1) is 13.2 Å². The zero-order valence-electron chi connectivity index (χ0n) is 10.8. The van der Waals surface area contributed by atoms with Crippen LogP contribution in [-0.2, 0) is 9.53 Å². The van der Waals surface area contributed by atoms with E-state index in [1.54, 1.807) is 0 Å². The van der Waals surface area contributed by atoms with Crippen LogP contribution in [0.3, 0.4) is 0 Å². The molecule has 0 saturated heterocycles. The quantitative estimate of drug-likeness (QED) is 0.755. The zero-order valence-corrected chi connectivity index (χ0v) is 10.8. The van der Waals surface area contributed by atoms with Gasteiger partial charge in [-0.05, 0) is 24.3 Å². The molecule has 106 valence electrons. The van der Waals surface area contributed by atoms with Gasteiger partial charge in [0, 0.05) is 20.2 Å². The lowest BCUT2D eigenvalue weighted by atomic mass is 10.3. The molecule has 1 N–H and O–H groups in total. The van der Waals surface area contributed by atoms with Gasteiger partial charge in [-0.25, -0.2) is 4.39 Å². The van der Waals surface area contributed by atoms with Gasteiger partial charge >= 0.3 is 0 Å². The Hall–Kier alpha value is -1.66. The maximum absolute atomic E-state index is 12.7. The molecule has 5 nitrogen and oxygen atoms in total. The Balaban J connectivity index is 2.44. The molecule has 1 aromatic rings. The summed E-state index contributed by atoms with van der Waals surface area (Å²) in [5, 5.41) is 8.88. The largest absolute Gasteiger partial charge is 0.484 e. The average Bonchev–Trinajstić information content (AvgIpc) is 2.42. The highest BCUT2D eigenvalue weighted by Crippen LogP contribution is 2.11. The first-order valence-corrected chi connectivity index (χ1v) is 5.93. The maximum Gasteiger partial charge on any atom is 0.260 e. The van der Waals surface area contributed by atoms with Gasteiger partial charge in [0.2, 0.25) is 0 Å². The fourth-order valence-electron chi connectivity index (χ4n) is 1.45. The summed E-state index contributed by atoms with van der Waals surface area (Å²) < 4.78 is 22.8. The van der Waals surface area contributed by atoms with Crippen LogP contribution in [0.15, 0.2) is 24.3 Å². The van der Waals surface area contributed by atoms with Crippen LogP contribution in [0.2, 0.25) is 0 Å². The predicted octanol–water partition coefficient (Wildman–Crippen LogP) is 0.672. The number of aliphatic hydroxyl groups excluding tert-OH is 1. The van der Waals surface area contributed by atoms with E-state index in [4.69, 9.17) is 14.6 Å². The van der Waals surface area contributed by atoms with Gasteiger partial charge in [-0.15, -0.1) is 0 Å². The number of carbonyl (C=O) groups excluding carboxylic acids is 1. The van der Waals surface area contributed by atoms with E-state index in [1.165, 1.54) is 36.3 Å². The number of methoxy groups -OCH3 is 1. The van der Waals surface area contributed by atoms with E-state index in [0.717, 1.165) is 0 Å². The normalized spacial score (nSPS) is 10.3. The Morgan fingerprint density at radius 3 is 2.58 bits per heavy atom. The predicted molar refractivity (Wildman–Crippen MR) is 67.4 cm³/mol. The fourth-order valence-corrected chi connectivity index (χ4v) is 1.45. The first-order valence-electron chi connectivity index (χ1n) is 5.93. The first kappa shape index (κ1) is 15.4. The number of halogens is 1. The van der Waals surface area contributed by atoms with Crippen LogP contribution in [0.4, 0.5) is 4.39 Å². The van der Waals surface area contributed by atoms with E-state index < -0.39 is 0 Å². The molecule has 0 spiro atoms. The minimum Gasteiger partial charge on any atom is -0.484 e. The molecule has 1 rings (SSSR count). The molecule has 0 fully saturated rings. The summed E-state index contributed by atoms with van der Waals surface area (Å²) in [5.74, 6) is -0.193. The number of nitrogens with zero attached hydrogens (tertiary/aromatic N) is 1. The van der Waals surface area contributed by atoms with E-state index >= 15 is 0 Å². The molecule has 1 aromatic carbocycles. The number of hydrogen-bond donors (Lipinski definition) is 1. The Bertz CT molecular complexity index is 383. The standard InChI is InChI=1S/C13H18FNO4/c1-18-9-7-15(6-8-16)13(17)10-19-12-4-2-11(14)3-5-12/h2-5,16H,6-10H2,1H3. The van der Waals surface area contributed by atoms with Crippen molar-refractivity contribution in [2.24, 2.45) is 0 Å². The molecular weight excluding hydrogens is 253 g/mol. The molecule has 0 heterocycles. The van der Waals surface area contributed by atoms with E-state index in [-0.39, 0.29) is 31.5 Å². The summed E-state index contributed by atoms with van der Waals surface area (Å²) >= 11 is 0. The SMILES string of the molecule is COCCN(CCO)C(=O)COc1ccc(F)cc1. The summed E-state index contributed by atoms with van der Waals surface area (Å²) in [4.78, 5) is 13.3. The third-order valence-corrected chi connectivity index (χ3v) is 2.46. The Morgan fingerprint density at radius 2 is 2.00 bits per heavy atom. The second-order valence-electron chi connectivity index (χ2n) is 3.84. The maximum atomic E-state index is 12.7. The number of carbonyl (C=O) groups is 1. The summed E-state index contributed by atoms with van der Waals surface area (Å²) in [6.45, 7) is 0.737. The second kappa shape index (κ2) is 8.44. The topological polar surface area (TPSA) is 59.0 Å². The van der Waals surface area contributed by atoms with Crippen molar-refractivity contribution in [2.45, 2.75) is 0 Å². The highest BCUT2D eigenvalue weighted by Gasteiger charge is 2.13. The van der Waals surface area contributed by atoms with E-state index in [1.807, 2.05) is 0 Å². The van der Waals surface area contributed by atoms with E-state index in [9.17, 15) is 9.18 Å². The molecule has 0 unspecified atom stereocenters. The number of amides is 1. The van der Waals surface area contributed by atoms with Gasteiger partial charge in [-0.3, -0.25) is 4.79 Å². The lowest BCUT2D eigenvalue weighted by Gasteiger charge is -2.21. The summed E-state index contributed by atoms with van der Waals surface area (Å²) in [6, 6.07) is 5.43. The Labute approximate surface area is 111 Å². The van der Waals surface area contributed by atoms with E-state index in [0.29, 0.717) is 18.9 Å². The lowest BCUT2D eigenvalue weighted by Crippen LogP contribution is -2.39. The third kappa shape index (κ3) is 5.67. The molecular formula is C13H18FNO4. The molecule has 19 heavy (non-hydrogen) atoms. The minimum absolute atomic E-state index is 0.119. The molecule has 0 aliphatic carbocycles. The van der Waals surface area contributed by atoms with Crippen LogP contribution in [-0.4, -0.2) is 55.9 Å². The molecule has 0 aliphatic rings. The van der Waals surface area contributed by atoms with Crippen molar-refractivity contribution in [1.82, 2.24) is 4.90 Å². The molecule has 0 bridgehead atoms. The highest BCUT2D eigenvalue weighted by molar-refractivity contribution is 5.77. The molecule has 6 heteroatoms. The molecule has 0 atom stereocenters. The van der Waals surface area contributed by atoms with Crippen LogP contribution in [0.5, 0.6) is 5.75 Å². The van der Waals surface area contributed by atoms with Crippen LogP contribution < -0.4 is 4.74 Å². The van der Waals surface area contributed by atoms with Crippen LogP contribution in [0, 0.1) is 5.82 Å². The van der Waals surface area contributed by atoms with Crippen molar-refractivity contribution in [3.8, 4) is 5.75 Å². The first-order chi connectivity index (χ1) is 9.17. The molecule has 0 aliphatic heterocycles. The molecule has 0 aromatic heterocycles. The van der Waals surface area contributed by atoms with Crippen molar-refractivity contribution in [3.63, 3.8) is 0 Å². The molecule has 0 radical (unpaired) electrons. The monoisotopic (exact) mass is 271 g/mol. The summed E-state index contributed by atoms with van der Waals surface area (Å²) in [7, 11) is 1.54. The Kier molecular flexibility index (Phi) is 6.84. The number of aliphatic hydroxyl groups is 1. The number of benzene rings is 1. The smallest absolute Gasteiger partial charge is 0.260 e. The van der Waals surface area contributed by atoms with Crippen LogP contribution in [0.1, 0.15) is 0 Å². The molecule has 1 amide bonds. The minimum atomic E-state index is -0.360. The van der Waals surface area contributed by atoms with Crippen molar-refractivity contribution >= 4 is 5.91 Å². The summed E-state index contributed by atoms with van der Waals surface area (Å²) in [5.41, 5.74) is 0. The summed E-state index contributed by atoms with van der Waals surface area (Å²) in [6.07, 6.45) is 0. The van der Waals surface area contributed by atoms with Crippen LogP contribution in [0.25, 0.3) is 0 Å². The van der Waals surface area contributed by atoms with Gasteiger partial charge in [0.15, 0.2) is 6.61 Å². The van der Waals surface area contributed by atoms with Crippen molar-refractivity contribution in [2.75, 3.05) is 40.0 Å². The van der Waals surface area contributed by atoms with Gasteiger partial charge in [0.25, 0.3) is 5.91 Å². The van der Waals surface area contributed by atoms with Gasteiger partial charge < -0.3 is 19.5 Å². The van der Waals surface area contributed by atoms with Crippen molar-refractivity contribution in [1.29, 1.82) is 0 Å². The zero-order chi connectivity index (χ0) is 14.1. The average molecular weight is 271 g/mol. The second-order valence-corrected chi connectivity index (χ2v) is 3.84. The van der Waals surface area contributed by atoms with Crippen LogP contribution >= 0.6 is 0 Å². The van der Waals surface area contributed by atoms with Crippen molar-refractivity contribution in [3.05, 3.63) is 30.1 Å². The third-order valence-electron chi connectivity index (χ3n) is 2.46. The number of ether oxygens (including phenoxy) is 2. The van der Waals surface area contributed by atoms with E-state index in [2.05, 4.69) is 0 Å². The fraction of sp³-hybridized carbons (Fsp3) is 0.462. The molecule has 0 saturated carbocycles.